The minimum atomic E-state index is 0.552. The third-order valence-corrected chi connectivity index (χ3v) is 5.87. The van der Waals surface area contributed by atoms with E-state index in [1.165, 1.54) is 49.8 Å². The molecule has 0 atom stereocenters. The maximum Gasteiger partial charge on any atom is 0.0541 e. The van der Waals surface area contributed by atoms with Crippen molar-refractivity contribution in [2.75, 3.05) is 0 Å². The number of para-hydroxylation sites is 1. The van der Waals surface area contributed by atoms with Crippen molar-refractivity contribution < 1.29 is 0 Å². The zero-order chi connectivity index (χ0) is 20.5. The molecular weight excluding hydrogens is 350 g/mol. The van der Waals surface area contributed by atoms with Gasteiger partial charge in [0.25, 0.3) is 0 Å². The van der Waals surface area contributed by atoms with Crippen LogP contribution in [0.4, 0.5) is 0 Å². The fraction of sp³-hybridized carbons (Fsp3) is 0.214. The summed E-state index contributed by atoms with van der Waals surface area (Å²) in [5.41, 5.74) is 8.95. The molecule has 0 N–H and O–H groups in total. The number of hydrogen-bond acceptors (Lipinski definition) is 0. The first kappa shape index (κ1) is 19.3. The zero-order valence-electron chi connectivity index (χ0n) is 18.0. The molecule has 29 heavy (non-hydrogen) atoms. The van der Waals surface area contributed by atoms with Crippen molar-refractivity contribution in [3.63, 3.8) is 0 Å². The first-order valence-electron chi connectivity index (χ1n) is 10.4. The van der Waals surface area contributed by atoms with Gasteiger partial charge < -0.3 is 4.57 Å². The highest BCUT2D eigenvalue weighted by Crippen LogP contribution is 2.35. The van der Waals surface area contributed by atoms with Gasteiger partial charge in [0.1, 0.15) is 0 Å². The van der Waals surface area contributed by atoms with E-state index in [0.717, 1.165) is 0 Å². The summed E-state index contributed by atoms with van der Waals surface area (Å²) in [6.07, 6.45) is 4.54. The number of allylic oxidation sites excluding steroid dienone is 4. The fourth-order valence-electron chi connectivity index (χ4n) is 3.92. The van der Waals surface area contributed by atoms with Crippen molar-refractivity contribution in [3.05, 3.63) is 95.6 Å². The molecule has 0 aliphatic heterocycles. The van der Waals surface area contributed by atoms with Gasteiger partial charge in [0, 0.05) is 16.5 Å². The number of aryl methyl sites for hydroxylation is 1. The summed E-state index contributed by atoms with van der Waals surface area (Å²) in [5.74, 6) is 0.552. The predicted octanol–water partition coefficient (Wildman–Crippen LogP) is 8.10. The molecule has 0 saturated heterocycles. The molecule has 1 aromatic heterocycles. The Balaban J connectivity index is 2.00. The van der Waals surface area contributed by atoms with Gasteiger partial charge in [-0.25, -0.2) is 0 Å². The van der Waals surface area contributed by atoms with Crippen LogP contribution in [0.5, 0.6) is 0 Å². The van der Waals surface area contributed by atoms with E-state index in [1.807, 2.05) is 0 Å². The van der Waals surface area contributed by atoms with Gasteiger partial charge in [-0.2, -0.15) is 0 Å². The Hall–Kier alpha value is -3.06. The highest BCUT2D eigenvalue weighted by Gasteiger charge is 2.13. The van der Waals surface area contributed by atoms with Gasteiger partial charge in [-0.1, -0.05) is 67.5 Å². The Morgan fingerprint density at radius 3 is 2.17 bits per heavy atom. The van der Waals surface area contributed by atoms with Crippen LogP contribution in [0.3, 0.4) is 0 Å². The zero-order valence-corrected chi connectivity index (χ0v) is 18.0. The molecule has 3 aromatic carbocycles. The summed E-state index contributed by atoms with van der Waals surface area (Å²) >= 11 is 0. The molecule has 0 unspecified atom stereocenters. The van der Waals surface area contributed by atoms with Gasteiger partial charge in [-0.3, -0.25) is 0 Å². The monoisotopic (exact) mass is 379 g/mol. The normalized spacial score (nSPS) is 13.0. The van der Waals surface area contributed by atoms with Crippen LogP contribution in [0.2, 0.25) is 0 Å². The summed E-state index contributed by atoms with van der Waals surface area (Å²) in [6, 6.07) is 24.3. The molecular formula is C28H29N. The Morgan fingerprint density at radius 1 is 0.862 bits per heavy atom. The molecule has 0 aliphatic carbocycles. The summed E-state index contributed by atoms with van der Waals surface area (Å²) in [4.78, 5) is 0. The smallest absolute Gasteiger partial charge is 0.0541 e. The number of rotatable bonds is 4. The van der Waals surface area contributed by atoms with Crippen LogP contribution in [0.1, 0.15) is 38.8 Å². The van der Waals surface area contributed by atoms with Crippen molar-refractivity contribution in [1.29, 1.82) is 0 Å². The molecule has 4 aromatic rings. The molecule has 0 saturated carbocycles. The quantitative estimate of drug-likeness (QED) is 0.316. The molecule has 1 nitrogen and oxygen atoms in total. The molecule has 1 heteroatoms. The molecule has 0 bridgehead atoms. The predicted molar refractivity (Wildman–Crippen MR) is 128 cm³/mol. The van der Waals surface area contributed by atoms with Crippen LogP contribution in [-0.2, 0) is 0 Å². The topological polar surface area (TPSA) is 4.93 Å². The molecule has 0 amide bonds. The summed E-state index contributed by atoms with van der Waals surface area (Å²) in [6.45, 7) is 11.0. The van der Waals surface area contributed by atoms with Crippen molar-refractivity contribution >= 4 is 27.4 Å². The molecule has 0 fully saturated rings. The van der Waals surface area contributed by atoms with Crippen molar-refractivity contribution in [2.45, 2.75) is 34.6 Å². The highest BCUT2D eigenvalue weighted by molar-refractivity contribution is 6.10. The minimum Gasteiger partial charge on any atom is -0.309 e. The van der Waals surface area contributed by atoms with E-state index in [9.17, 15) is 0 Å². The van der Waals surface area contributed by atoms with Gasteiger partial charge in [0.15, 0.2) is 0 Å². The lowest BCUT2D eigenvalue weighted by Gasteiger charge is -2.10. The Labute approximate surface area is 174 Å². The Kier molecular flexibility index (Phi) is 5.15. The Bertz CT molecular complexity index is 1230. The van der Waals surface area contributed by atoms with Crippen LogP contribution in [0.25, 0.3) is 33.1 Å². The van der Waals surface area contributed by atoms with E-state index in [0.29, 0.717) is 5.92 Å². The number of hydrogen-bond donors (Lipinski definition) is 0. The molecule has 4 rings (SSSR count). The molecule has 146 valence electrons. The van der Waals surface area contributed by atoms with E-state index in [-0.39, 0.29) is 0 Å². The minimum absolute atomic E-state index is 0.552. The lowest BCUT2D eigenvalue weighted by atomic mass is 9.97. The van der Waals surface area contributed by atoms with E-state index >= 15 is 0 Å². The lowest BCUT2D eigenvalue weighted by Crippen LogP contribution is -1.93. The fourth-order valence-corrected chi connectivity index (χ4v) is 3.92. The summed E-state index contributed by atoms with van der Waals surface area (Å²) < 4.78 is 2.37. The molecule has 0 aliphatic rings. The average Bonchev–Trinajstić information content (AvgIpc) is 3.05. The van der Waals surface area contributed by atoms with E-state index < -0.39 is 0 Å². The first-order valence-corrected chi connectivity index (χ1v) is 10.4. The second kappa shape index (κ2) is 7.75. The van der Waals surface area contributed by atoms with Crippen LogP contribution in [0.15, 0.2) is 84.5 Å². The molecule has 0 spiro atoms. The van der Waals surface area contributed by atoms with Crippen molar-refractivity contribution in [2.24, 2.45) is 5.92 Å². The summed E-state index contributed by atoms with van der Waals surface area (Å²) in [5, 5.41) is 2.62. The van der Waals surface area contributed by atoms with Crippen molar-refractivity contribution in [3.8, 4) is 5.69 Å². The van der Waals surface area contributed by atoms with Gasteiger partial charge >= 0.3 is 0 Å². The standard InChI is InChI=1S/C28H29N/c1-6-22(17-21(5)19(2)3)23-13-15-28-26(18-23)25-16-20(4)12-14-27(25)29(28)24-10-8-7-9-11-24/h6-19H,1-5H3/b21-17-,22-6+. The maximum atomic E-state index is 2.37. The molecule has 0 radical (unpaired) electrons. The van der Waals surface area contributed by atoms with Crippen LogP contribution in [0, 0.1) is 12.8 Å². The SMILES string of the molecule is C/C=C(\C=C(\C)C(C)C)c1ccc2c(c1)c1cc(C)ccc1n2-c1ccccc1. The number of fused-ring (bicyclic) bond motifs is 3. The lowest BCUT2D eigenvalue weighted by molar-refractivity contribution is 0.770. The third-order valence-electron chi connectivity index (χ3n) is 5.87. The number of aromatic nitrogens is 1. The van der Waals surface area contributed by atoms with E-state index in [2.05, 4.69) is 118 Å². The maximum absolute atomic E-state index is 2.37. The number of nitrogens with zero attached hydrogens (tertiary/aromatic N) is 1. The average molecular weight is 380 g/mol. The van der Waals surface area contributed by atoms with Crippen molar-refractivity contribution in [1.82, 2.24) is 4.57 Å². The summed E-state index contributed by atoms with van der Waals surface area (Å²) in [7, 11) is 0. The van der Waals surface area contributed by atoms with Gasteiger partial charge in [0.05, 0.1) is 11.0 Å². The Morgan fingerprint density at radius 2 is 1.52 bits per heavy atom. The highest BCUT2D eigenvalue weighted by atomic mass is 15.0. The van der Waals surface area contributed by atoms with Gasteiger partial charge in [-0.05, 0) is 74.2 Å². The second-order valence-corrected chi connectivity index (χ2v) is 8.21. The van der Waals surface area contributed by atoms with E-state index in [4.69, 9.17) is 0 Å². The van der Waals surface area contributed by atoms with Gasteiger partial charge in [0.2, 0.25) is 0 Å². The first-order chi connectivity index (χ1) is 14.0. The van der Waals surface area contributed by atoms with Crippen LogP contribution in [-0.4, -0.2) is 4.57 Å². The second-order valence-electron chi connectivity index (χ2n) is 8.21. The molecule has 1 heterocycles. The van der Waals surface area contributed by atoms with Crippen LogP contribution < -0.4 is 0 Å². The van der Waals surface area contributed by atoms with Crippen LogP contribution >= 0.6 is 0 Å². The van der Waals surface area contributed by atoms with E-state index in [1.54, 1.807) is 0 Å². The number of benzene rings is 3. The third kappa shape index (κ3) is 3.53. The largest absolute Gasteiger partial charge is 0.309 e. The van der Waals surface area contributed by atoms with Gasteiger partial charge in [-0.15, -0.1) is 0 Å².